The number of hydrogen-bond donors (Lipinski definition) is 2. The minimum absolute atomic E-state index is 0.153. The summed E-state index contributed by atoms with van der Waals surface area (Å²) in [5, 5.41) is 12.1. The van der Waals surface area contributed by atoms with Crippen LogP contribution in [0.25, 0.3) is 0 Å². The number of hydrogen-bond acceptors (Lipinski definition) is 3. The first-order chi connectivity index (χ1) is 9.27. The average molecular weight is 266 g/mol. The zero-order valence-corrected chi connectivity index (χ0v) is 11.5. The average Bonchev–Trinajstić information content (AvgIpc) is 2.35. The molecule has 0 aromatic heterocycles. The molecule has 0 unspecified atom stereocenters. The van der Waals surface area contributed by atoms with E-state index in [2.05, 4.69) is 10.2 Å². The molecule has 1 aromatic rings. The molecule has 0 radical (unpaired) electrons. The van der Waals surface area contributed by atoms with E-state index in [4.69, 9.17) is 5.11 Å². The lowest BCUT2D eigenvalue weighted by molar-refractivity contribution is 0.283. The van der Waals surface area contributed by atoms with Gasteiger partial charge in [0.25, 0.3) is 0 Å². The van der Waals surface area contributed by atoms with Gasteiger partial charge >= 0.3 is 0 Å². The summed E-state index contributed by atoms with van der Waals surface area (Å²) in [6.45, 7) is 1.51. The molecule has 0 amide bonds. The van der Waals surface area contributed by atoms with E-state index in [-0.39, 0.29) is 12.4 Å². The fraction of sp³-hybridized carbons (Fsp3) is 0.600. The Morgan fingerprint density at radius 2 is 2.21 bits per heavy atom. The Bertz CT molecular complexity index is 407. The lowest BCUT2D eigenvalue weighted by atomic mass is 9.90. The molecule has 0 bridgehead atoms. The highest BCUT2D eigenvalue weighted by molar-refractivity contribution is 5.55. The Labute approximate surface area is 114 Å². The maximum atomic E-state index is 14.0. The Morgan fingerprint density at radius 3 is 2.79 bits per heavy atom. The smallest absolute Gasteiger partial charge is 0.129 e. The van der Waals surface area contributed by atoms with Gasteiger partial charge < -0.3 is 15.3 Å². The number of nitrogens with zero attached hydrogens (tertiary/aromatic N) is 1. The molecule has 19 heavy (non-hydrogen) atoms. The van der Waals surface area contributed by atoms with Gasteiger partial charge in [0, 0.05) is 37.0 Å². The van der Waals surface area contributed by atoms with Gasteiger partial charge in [-0.05, 0) is 44.9 Å². The molecule has 0 saturated heterocycles. The summed E-state index contributed by atoms with van der Waals surface area (Å²) in [4.78, 5) is 2.27. The van der Waals surface area contributed by atoms with Gasteiger partial charge in [-0.3, -0.25) is 0 Å². The van der Waals surface area contributed by atoms with Crippen molar-refractivity contribution in [2.24, 2.45) is 0 Å². The van der Waals surface area contributed by atoms with E-state index in [1.165, 1.54) is 25.3 Å². The number of halogens is 1. The van der Waals surface area contributed by atoms with Gasteiger partial charge in [-0.2, -0.15) is 0 Å². The third-order valence-electron chi connectivity index (χ3n) is 3.83. The number of benzene rings is 1. The van der Waals surface area contributed by atoms with Gasteiger partial charge in [0.1, 0.15) is 5.82 Å². The standard InChI is InChI=1S/C15H23FN2O/c1-17-11-13-14(16)7-3-8-15(13)18(9-4-10-19)12-5-2-6-12/h3,7-8,12,17,19H,2,4-6,9-11H2,1H3. The van der Waals surface area contributed by atoms with E-state index in [1.807, 2.05) is 13.1 Å². The summed E-state index contributed by atoms with van der Waals surface area (Å²) in [6.07, 6.45) is 4.31. The fourth-order valence-electron chi connectivity index (χ4n) is 2.61. The molecular weight excluding hydrogens is 243 g/mol. The maximum Gasteiger partial charge on any atom is 0.129 e. The Morgan fingerprint density at radius 1 is 1.42 bits per heavy atom. The minimum Gasteiger partial charge on any atom is -0.396 e. The lowest BCUT2D eigenvalue weighted by Gasteiger charge is -2.40. The number of nitrogens with one attached hydrogen (secondary N) is 1. The number of rotatable bonds is 7. The van der Waals surface area contributed by atoms with E-state index < -0.39 is 0 Å². The van der Waals surface area contributed by atoms with Crippen LogP contribution in [0, 0.1) is 5.82 Å². The third kappa shape index (κ3) is 3.25. The highest BCUT2D eigenvalue weighted by Gasteiger charge is 2.26. The molecule has 0 spiro atoms. The molecule has 1 saturated carbocycles. The van der Waals surface area contributed by atoms with E-state index >= 15 is 0 Å². The van der Waals surface area contributed by atoms with Crippen LogP contribution in [0.1, 0.15) is 31.2 Å². The van der Waals surface area contributed by atoms with Gasteiger partial charge in [-0.15, -0.1) is 0 Å². The van der Waals surface area contributed by atoms with E-state index in [0.717, 1.165) is 24.2 Å². The summed E-state index contributed by atoms with van der Waals surface area (Å²) in [7, 11) is 1.83. The highest BCUT2D eigenvalue weighted by Crippen LogP contribution is 2.32. The van der Waals surface area contributed by atoms with Gasteiger partial charge in [-0.25, -0.2) is 4.39 Å². The molecule has 3 nitrogen and oxygen atoms in total. The summed E-state index contributed by atoms with van der Waals surface area (Å²) in [6, 6.07) is 5.78. The van der Waals surface area contributed by atoms with Crippen LogP contribution in [-0.4, -0.2) is 31.3 Å². The van der Waals surface area contributed by atoms with Crippen molar-refractivity contribution in [3.05, 3.63) is 29.6 Å². The van der Waals surface area contributed by atoms with Crippen molar-refractivity contribution in [2.45, 2.75) is 38.3 Å². The quantitative estimate of drug-likeness (QED) is 0.795. The van der Waals surface area contributed by atoms with Crippen molar-refractivity contribution >= 4 is 5.69 Å². The van der Waals surface area contributed by atoms with Crippen LogP contribution in [0.15, 0.2) is 18.2 Å². The summed E-state index contributed by atoms with van der Waals surface area (Å²) in [5.41, 5.74) is 1.71. The molecule has 1 fully saturated rings. The largest absolute Gasteiger partial charge is 0.396 e. The first-order valence-electron chi connectivity index (χ1n) is 7.07. The second-order valence-electron chi connectivity index (χ2n) is 5.12. The van der Waals surface area contributed by atoms with Crippen molar-refractivity contribution in [3.8, 4) is 0 Å². The molecule has 2 rings (SSSR count). The van der Waals surface area contributed by atoms with Crippen LogP contribution >= 0.6 is 0 Å². The van der Waals surface area contributed by atoms with Crippen LogP contribution < -0.4 is 10.2 Å². The van der Waals surface area contributed by atoms with Gasteiger partial charge in [0.15, 0.2) is 0 Å². The van der Waals surface area contributed by atoms with Gasteiger partial charge in [0.2, 0.25) is 0 Å². The predicted molar refractivity (Wildman–Crippen MR) is 75.9 cm³/mol. The van der Waals surface area contributed by atoms with E-state index in [0.29, 0.717) is 12.6 Å². The maximum absolute atomic E-state index is 14.0. The highest BCUT2D eigenvalue weighted by atomic mass is 19.1. The lowest BCUT2D eigenvalue weighted by Crippen LogP contribution is -2.42. The van der Waals surface area contributed by atoms with Crippen molar-refractivity contribution < 1.29 is 9.50 Å². The van der Waals surface area contributed by atoms with Crippen LogP contribution in [0.5, 0.6) is 0 Å². The molecule has 0 heterocycles. The molecule has 4 heteroatoms. The van der Waals surface area contributed by atoms with Crippen molar-refractivity contribution in [1.29, 1.82) is 0 Å². The summed E-state index contributed by atoms with van der Waals surface area (Å²) >= 11 is 0. The number of aliphatic hydroxyl groups excluding tert-OH is 1. The van der Waals surface area contributed by atoms with Crippen LogP contribution in [0.3, 0.4) is 0 Å². The van der Waals surface area contributed by atoms with Crippen molar-refractivity contribution in [1.82, 2.24) is 5.32 Å². The zero-order valence-electron chi connectivity index (χ0n) is 11.5. The van der Waals surface area contributed by atoms with Crippen LogP contribution in [0.4, 0.5) is 10.1 Å². The molecule has 1 aliphatic carbocycles. The first-order valence-corrected chi connectivity index (χ1v) is 7.07. The Hall–Kier alpha value is -1.13. The minimum atomic E-state index is -0.153. The molecule has 0 aliphatic heterocycles. The van der Waals surface area contributed by atoms with Gasteiger partial charge in [-0.1, -0.05) is 6.07 Å². The molecule has 1 aromatic carbocycles. The predicted octanol–water partition coefficient (Wildman–Crippen LogP) is 2.29. The second-order valence-corrected chi connectivity index (χ2v) is 5.12. The van der Waals surface area contributed by atoms with E-state index in [9.17, 15) is 4.39 Å². The zero-order chi connectivity index (χ0) is 13.7. The topological polar surface area (TPSA) is 35.5 Å². The first kappa shape index (κ1) is 14.3. The van der Waals surface area contributed by atoms with Crippen LogP contribution in [-0.2, 0) is 6.54 Å². The number of aliphatic hydroxyl groups is 1. The number of anilines is 1. The second kappa shape index (κ2) is 6.87. The molecule has 0 atom stereocenters. The third-order valence-corrected chi connectivity index (χ3v) is 3.83. The van der Waals surface area contributed by atoms with Crippen molar-refractivity contribution in [2.75, 3.05) is 25.1 Å². The fourth-order valence-corrected chi connectivity index (χ4v) is 2.61. The monoisotopic (exact) mass is 266 g/mol. The molecule has 106 valence electrons. The molecular formula is C15H23FN2O. The van der Waals surface area contributed by atoms with E-state index in [1.54, 1.807) is 6.07 Å². The Kier molecular flexibility index (Phi) is 5.16. The summed E-state index contributed by atoms with van der Waals surface area (Å²) in [5.74, 6) is -0.153. The van der Waals surface area contributed by atoms with Crippen molar-refractivity contribution in [3.63, 3.8) is 0 Å². The van der Waals surface area contributed by atoms with Gasteiger partial charge in [0.05, 0.1) is 0 Å². The normalized spacial score (nSPS) is 15.3. The summed E-state index contributed by atoms with van der Waals surface area (Å²) < 4.78 is 14.0. The molecule has 2 N–H and O–H groups in total. The Balaban J connectivity index is 2.26. The molecule has 1 aliphatic rings. The van der Waals surface area contributed by atoms with Crippen LogP contribution in [0.2, 0.25) is 0 Å². The SMILES string of the molecule is CNCc1c(F)cccc1N(CCCO)C1CCC1.